The lowest BCUT2D eigenvalue weighted by Gasteiger charge is -2.18. The molecule has 0 aliphatic carbocycles. The van der Waals surface area contributed by atoms with Gasteiger partial charge in [-0.25, -0.2) is 14.5 Å². The fourth-order valence-corrected chi connectivity index (χ4v) is 3.67. The maximum Gasteiger partial charge on any atom is 0.350 e. The molecule has 5 rings (SSSR count). The van der Waals surface area contributed by atoms with Gasteiger partial charge in [-0.3, -0.25) is 19.1 Å². The third kappa shape index (κ3) is 4.98. The zero-order chi connectivity index (χ0) is 25.9. The Morgan fingerprint density at radius 3 is 2.76 bits per heavy atom. The predicted octanol–water partition coefficient (Wildman–Crippen LogP) is 1.16. The van der Waals surface area contributed by atoms with Crippen molar-refractivity contribution in [1.82, 2.24) is 44.8 Å². The van der Waals surface area contributed by atoms with Crippen LogP contribution in [0, 0.1) is 5.92 Å². The predicted molar refractivity (Wildman–Crippen MR) is 129 cm³/mol. The number of nitrogens with zero attached hydrogens (tertiary/aromatic N) is 7. The third-order valence-electron chi connectivity index (χ3n) is 5.50. The Kier molecular flexibility index (Phi) is 6.28. The quantitative estimate of drug-likeness (QED) is 0.275. The van der Waals surface area contributed by atoms with Gasteiger partial charge in [0.05, 0.1) is 6.54 Å². The molecule has 0 aliphatic rings. The number of rotatable bonds is 7. The van der Waals surface area contributed by atoms with Gasteiger partial charge in [0.1, 0.15) is 12.4 Å². The summed E-state index contributed by atoms with van der Waals surface area (Å²) in [5.41, 5.74) is 1.36. The highest BCUT2D eigenvalue weighted by atomic mass is 16.5. The van der Waals surface area contributed by atoms with Crippen LogP contribution in [0.1, 0.15) is 31.3 Å². The SMILES string of the molecule is CC(C)C(NC(=O)C(=O)Nc1cccc(Cn2nc3ccccn3c2=O)c1)c1nc(-c2ncn[nH]2)no1. The summed E-state index contributed by atoms with van der Waals surface area (Å²) in [6, 6.07) is 11.4. The van der Waals surface area contributed by atoms with Crippen LogP contribution in [-0.2, 0) is 16.1 Å². The largest absolute Gasteiger partial charge is 0.350 e. The molecule has 0 radical (unpaired) electrons. The maximum atomic E-state index is 12.7. The average molecular weight is 502 g/mol. The van der Waals surface area contributed by atoms with Gasteiger partial charge in [-0.1, -0.05) is 37.2 Å². The van der Waals surface area contributed by atoms with E-state index in [1.165, 1.54) is 15.4 Å². The minimum absolute atomic E-state index is 0.127. The molecule has 1 atom stereocenters. The number of pyridine rings is 1. The van der Waals surface area contributed by atoms with Crippen molar-refractivity contribution >= 4 is 23.1 Å². The average Bonchev–Trinajstić information content (AvgIpc) is 3.64. The number of nitrogens with one attached hydrogen (secondary N) is 3. The number of fused-ring (bicyclic) bond motifs is 1. The molecule has 4 heterocycles. The molecule has 0 saturated heterocycles. The molecule has 14 nitrogen and oxygen atoms in total. The second kappa shape index (κ2) is 9.85. The maximum absolute atomic E-state index is 12.7. The molecule has 0 fully saturated rings. The van der Waals surface area contributed by atoms with Gasteiger partial charge in [0.15, 0.2) is 11.5 Å². The van der Waals surface area contributed by atoms with Crippen LogP contribution in [0.25, 0.3) is 17.3 Å². The molecule has 37 heavy (non-hydrogen) atoms. The lowest BCUT2D eigenvalue weighted by Crippen LogP contribution is -2.39. The first-order valence-corrected chi connectivity index (χ1v) is 11.3. The summed E-state index contributed by atoms with van der Waals surface area (Å²) in [5, 5.41) is 19.7. The van der Waals surface area contributed by atoms with Gasteiger partial charge in [0.2, 0.25) is 11.7 Å². The highest BCUT2D eigenvalue weighted by molar-refractivity contribution is 6.39. The van der Waals surface area contributed by atoms with Crippen LogP contribution >= 0.6 is 0 Å². The van der Waals surface area contributed by atoms with Crippen molar-refractivity contribution in [2.45, 2.75) is 26.4 Å². The second-order valence-corrected chi connectivity index (χ2v) is 8.51. The molecule has 5 aromatic rings. The van der Waals surface area contributed by atoms with Crippen LogP contribution in [0.3, 0.4) is 0 Å². The van der Waals surface area contributed by atoms with Crippen LogP contribution in [0.4, 0.5) is 5.69 Å². The molecule has 1 aromatic carbocycles. The smallest absolute Gasteiger partial charge is 0.337 e. The number of hydrogen-bond acceptors (Lipinski definition) is 9. The molecule has 0 spiro atoms. The van der Waals surface area contributed by atoms with E-state index in [2.05, 4.69) is 41.1 Å². The molecular formula is C23H22N10O4. The van der Waals surface area contributed by atoms with Crippen molar-refractivity contribution in [3.63, 3.8) is 0 Å². The molecule has 0 bridgehead atoms. The summed E-state index contributed by atoms with van der Waals surface area (Å²) in [4.78, 5) is 46.1. The van der Waals surface area contributed by atoms with Crippen molar-refractivity contribution in [3.8, 4) is 11.6 Å². The van der Waals surface area contributed by atoms with Crippen LogP contribution < -0.4 is 16.3 Å². The van der Waals surface area contributed by atoms with Gasteiger partial charge < -0.3 is 15.2 Å². The molecule has 4 aromatic heterocycles. The summed E-state index contributed by atoms with van der Waals surface area (Å²) in [5.74, 6) is -1.29. The van der Waals surface area contributed by atoms with Gasteiger partial charge in [-0.05, 0) is 35.7 Å². The van der Waals surface area contributed by atoms with E-state index in [1.54, 1.807) is 48.7 Å². The highest BCUT2D eigenvalue weighted by Gasteiger charge is 2.28. The molecule has 1 unspecified atom stereocenters. The van der Waals surface area contributed by atoms with E-state index in [0.717, 1.165) is 5.56 Å². The van der Waals surface area contributed by atoms with Crippen LogP contribution in [-0.4, -0.2) is 51.3 Å². The summed E-state index contributed by atoms with van der Waals surface area (Å²) >= 11 is 0. The number of carbonyl (C=O) groups excluding carboxylic acids is 2. The fourth-order valence-electron chi connectivity index (χ4n) is 3.67. The molecule has 14 heteroatoms. The Morgan fingerprint density at radius 2 is 2.00 bits per heavy atom. The van der Waals surface area contributed by atoms with Crippen LogP contribution in [0.5, 0.6) is 0 Å². The lowest BCUT2D eigenvalue weighted by atomic mass is 10.0. The Bertz CT molecular complexity index is 1620. The zero-order valence-corrected chi connectivity index (χ0v) is 19.8. The van der Waals surface area contributed by atoms with Crippen molar-refractivity contribution in [1.29, 1.82) is 0 Å². The minimum Gasteiger partial charge on any atom is -0.337 e. The van der Waals surface area contributed by atoms with Gasteiger partial charge in [0, 0.05) is 11.9 Å². The summed E-state index contributed by atoms with van der Waals surface area (Å²) in [6.45, 7) is 3.87. The normalized spacial score (nSPS) is 12.1. The number of aromatic nitrogens is 8. The molecule has 0 aliphatic heterocycles. The van der Waals surface area contributed by atoms with Crippen molar-refractivity contribution in [2.24, 2.45) is 5.92 Å². The van der Waals surface area contributed by atoms with E-state index < -0.39 is 17.9 Å². The number of H-pyrrole nitrogens is 1. The number of hydrogen-bond donors (Lipinski definition) is 3. The van der Waals surface area contributed by atoms with Crippen molar-refractivity contribution < 1.29 is 14.1 Å². The standard InChI is InChI=1S/C23H22N10O4/c1-13(2)17(22-28-19(31-37-22)18-24-12-25-29-18)27-21(35)20(34)26-15-7-5-6-14(10-15)11-33-23(36)32-9-4-3-8-16(32)30-33/h3-10,12-13,17H,11H2,1-2H3,(H,26,34)(H,27,35)(H,24,25,29). The minimum atomic E-state index is -0.875. The van der Waals surface area contributed by atoms with E-state index in [-0.39, 0.29) is 29.9 Å². The number of anilines is 1. The van der Waals surface area contributed by atoms with E-state index in [9.17, 15) is 14.4 Å². The van der Waals surface area contributed by atoms with E-state index in [0.29, 0.717) is 17.2 Å². The first kappa shape index (κ1) is 23.6. The first-order chi connectivity index (χ1) is 17.9. The molecule has 188 valence electrons. The van der Waals surface area contributed by atoms with Gasteiger partial charge in [-0.15, -0.1) is 5.10 Å². The second-order valence-electron chi connectivity index (χ2n) is 8.51. The number of carbonyl (C=O) groups is 2. The van der Waals surface area contributed by atoms with Crippen LogP contribution in [0.15, 0.2) is 64.3 Å². The first-order valence-electron chi connectivity index (χ1n) is 11.3. The summed E-state index contributed by atoms with van der Waals surface area (Å²) in [6.07, 6.45) is 2.95. The number of aromatic amines is 1. The molecular weight excluding hydrogens is 480 g/mol. The monoisotopic (exact) mass is 502 g/mol. The van der Waals surface area contributed by atoms with Gasteiger partial charge >= 0.3 is 17.5 Å². The van der Waals surface area contributed by atoms with Crippen molar-refractivity contribution in [2.75, 3.05) is 5.32 Å². The van der Waals surface area contributed by atoms with E-state index in [4.69, 9.17) is 4.52 Å². The van der Waals surface area contributed by atoms with Crippen molar-refractivity contribution in [3.05, 3.63) is 76.9 Å². The fraction of sp³-hybridized carbons (Fsp3) is 0.217. The molecule has 0 saturated carbocycles. The highest BCUT2D eigenvalue weighted by Crippen LogP contribution is 2.22. The Morgan fingerprint density at radius 1 is 1.14 bits per heavy atom. The Labute approximate surface area is 208 Å². The zero-order valence-electron chi connectivity index (χ0n) is 19.8. The summed E-state index contributed by atoms with van der Waals surface area (Å²) in [7, 11) is 0. The Hall–Kier alpha value is -5.14. The molecule has 2 amide bonds. The lowest BCUT2D eigenvalue weighted by molar-refractivity contribution is -0.137. The van der Waals surface area contributed by atoms with Gasteiger partial charge in [-0.2, -0.15) is 10.1 Å². The molecule has 3 N–H and O–H groups in total. The Balaban J connectivity index is 1.26. The third-order valence-corrected chi connectivity index (χ3v) is 5.50. The van der Waals surface area contributed by atoms with E-state index >= 15 is 0 Å². The topological polar surface area (TPSA) is 178 Å². The van der Waals surface area contributed by atoms with Crippen LogP contribution in [0.2, 0.25) is 0 Å². The number of amides is 2. The summed E-state index contributed by atoms with van der Waals surface area (Å²) < 4.78 is 8.05. The van der Waals surface area contributed by atoms with E-state index in [1.807, 2.05) is 13.8 Å². The van der Waals surface area contributed by atoms with Gasteiger partial charge in [0.25, 0.3) is 0 Å². The number of benzene rings is 1.